The van der Waals surface area contributed by atoms with E-state index in [9.17, 15) is 8.42 Å². The van der Waals surface area contributed by atoms with Gasteiger partial charge in [-0.15, -0.1) is 35.3 Å². The molecular formula is C17H33IN4O2S2. The Kier molecular flexibility index (Phi) is 13.5. The molecule has 0 saturated heterocycles. The average molecular weight is 517 g/mol. The highest BCUT2D eigenvalue weighted by molar-refractivity contribution is 14.0. The Morgan fingerprint density at radius 3 is 2.50 bits per heavy atom. The number of hydrogen-bond donors (Lipinski definition) is 2. The van der Waals surface area contributed by atoms with Gasteiger partial charge >= 0.3 is 0 Å². The van der Waals surface area contributed by atoms with Gasteiger partial charge in [-0.1, -0.05) is 26.8 Å². The molecule has 1 aromatic rings. The summed E-state index contributed by atoms with van der Waals surface area (Å²) in [5.74, 6) is 1.19. The minimum absolute atomic E-state index is 0. The topological polar surface area (TPSA) is 73.8 Å². The lowest BCUT2D eigenvalue weighted by atomic mass is 10.1. The lowest BCUT2D eigenvalue weighted by molar-refractivity contribution is 0.445. The third-order valence-electron chi connectivity index (χ3n) is 3.79. The second-order valence-electron chi connectivity index (χ2n) is 5.94. The lowest BCUT2D eigenvalue weighted by Gasteiger charge is -2.19. The number of aliphatic imine (C=N–C) groups is 1. The molecule has 0 aliphatic heterocycles. The highest BCUT2D eigenvalue weighted by Gasteiger charge is 2.18. The Hall–Kier alpha value is -0.390. The van der Waals surface area contributed by atoms with E-state index in [1.54, 1.807) is 11.3 Å². The van der Waals surface area contributed by atoms with Gasteiger partial charge in [0.25, 0.3) is 0 Å². The second-order valence-corrected chi connectivity index (χ2v) is 9.06. The average Bonchev–Trinajstić information content (AvgIpc) is 3.06. The van der Waals surface area contributed by atoms with Gasteiger partial charge in [-0.25, -0.2) is 12.7 Å². The molecule has 1 atom stereocenters. The van der Waals surface area contributed by atoms with Crippen LogP contribution in [-0.2, 0) is 16.4 Å². The standard InChI is InChI=1S/C17H32N4O2S2.HI/c1-5-18-17(19-10-12-25(22,23)21(6-2)7-3)20-14-15(4)13-16-9-8-11-24-16;/h8-9,11,15H,5-7,10,12-14H2,1-4H3,(H2,18,19,20);1H. The fraction of sp³-hybridized carbons (Fsp3) is 0.706. The molecule has 0 aliphatic rings. The molecule has 26 heavy (non-hydrogen) atoms. The lowest BCUT2D eigenvalue weighted by Crippen LogP contribution is -2.42. The number of hydrogen-bond acceptors (Lipinski definition) is 4. The van der Waals surface area contributed by atoms with Crippen LogP contribution < -0.4 is 10.6 Å². The van der Waals surface area contributed by atoms with Gasteiger partial charge in [-0.2, -0.15) is 0 Å². The molecule has 1 heterocycles. The van der Waals surface area contributed by atoms with Crippen LogP contribution in [0.3, 0.4) is 0 Å². The summed E-state index contributed by atoms with van der Waals surface area (Å²) in [6.07, 6.45) is 1.01. The number of sulfonamides is 1. The minimum Gasteiger partial charge on any atom is -0.357 e. The van der Waals surface area contributed by atoms with Gasteiger partial charge < -0.3 is 10.6 Å². The fourth-order valence-electron chi connectivity index (χ4n) is 2.47. The van der Waals surface area contributed by atoms with Gasteiger partial charge in [0.1, 0.15) is 0 Å². The summed E-state index contributed by atoms with van der Waals surface area (Å²) in [5.41, 5.74) is 0. The summed E-state index contributed by atoms with van der Waals surface area (Å²) >= 11 is 1.77. The van der Waals surface area contributed by atoms with E-state index in [1.165, 1.54) is 9.18 Å². The zero-order valence-electron chi connectivity index (χ0n) is 16.2. The zero-order valence-corrected chi connectivity index (χ0v) is 20.2. The predicted octanol–water partition coefficient (Wildman–Crippen LogP) is 2.77. The van der Waals surface area contributed by atoms with Crippen LogP contribution in [0.15, 0.2) is 22.5 Å². The zero-order chi connectivity index (χ0) is 18.7. The van der Waals surface area contributed by atoms with Crippen LogP contribution in [0.25, 0.3) is 0 Å². The smallest absolute Gasteiger partial charge is 0.215 e. The summed E-state index contributed by atoms with van der Waals surface area (Å²) in [6.45, 7) is 10.7. The van der Waals surface area contributed by atoms with E-state index in [2.05, 4.69) is 40.1 Å². The highest BCUT2D eigenvalue weighted by Crippen LogP contribution is 2.14. The molecule has 0 spiro atoms. The van der Waals surface area contributed by atoms with Crippen molar-refractivity contribution < 1.29 is 8.42 Å². The van der Waals surface area contributed by atoms with Gasteiger partial charge in [-0.3, -0.25) is 4.99 Å². The Bertz CT molecular complexity index is 602. The third-order valence-corrected chi connectivity index (χ3v) is 6.71. The first-order valence-electron chi connectivity index (χ1n) is 8.95. The van der Waals surface area contributed by atoms with Crippen LogP contribution in [0.5, 0.6) is 0 Å². The molecule has 0 bridgehead atoms. The van der Waals surface area contributed by atoms with Crippen molar-refractivity contribution in [2.45, 2.75) is 34.1 Å². The molecule has 9 heteroatoms. The Labute approximate surface area is 179 Å². The van der Waals surface area contributed by atoms with Crippen molar-refractivity contribution in [2.75, 3.05) is 38.5 Å². The summed E-state index contributed by atoms with van der Waals surface area (Å²) in [7, 11) is -3.21. The molecule has 0 fully saturated rings. The first-order chi connectivity index (χ1) is 11.9. The number of halogens is 1. The van der Waals surface area contributed by atoms with Crippen molar-refractivity contribution in [1.29, 1.82) is 0 Å². The number of nitrogens with one attached hydrogen (secondary N) is 2. The quantitative estimate of drug-likeness (QED) is 0.270. The second kappa shape index (κ2) is 13.7. The van der Waals surface area contributed by atoms with E-state index in [0.717, 1.165) is 13.0 Å². The molecule has 6 nitrogen and oxygen atoms in total. The van der Waals surface area contributed by atoms with Crippen molar-refractivity contribution in [1.82, 2.24) is 14.9 Å². The minimum atomic E-state index is -3.21. The molecule has 1 rings (SSSR count). The normalized spacial score (nSPS) is 13.3. The van der Waals surface area contributed by atoms with Gasteiger partial charge in [0, 0.05) is 37.6 Å². The highest BCUT2D eigenvalue weighted by atomic mass is 127. The van der Waals surface area contributed by atoms with Crippen molar-refractivity contribution in [3.8, 4) is 0 Å². The summed E-state index contributed by atoms with van der Waals surface area (Å²) in [4.78, 5) is 5.96. The first kappa shape index (κ1) is 25.6. The maximum Gasteiger partial charge on any atom is 0.215 e. The number of rotatable bonds is 11. The van der Waals surface area contributed by atoms with Crippen molar-refractivity contribution in [2.24, 2.45) is 10.9 Å². The summed E-state index contributed by atoms with van der Waals surface area (Å²) in [6, 6.07) is 4.21. The van der Waals surface area contributed by atoms with Gasteiger partial charge in [0.2, 0.25) is 10.0 Å². The molecule has 2 N–H and O–H groups in total. The van der Waals surface area contributed by atoms with Crippen molar-refractivity contribution in [3.05, 3.63) is 22.4 Å². The Morgan fingerprint density at radius 2 is 1.96 bits per heavy atom. The molecule has 152 valence electrons. The SMILES string of the molecule is CCNC(=NCC(C)Cc1cccs1)NCCS(=O)(=O)N(CC)CC.I. The number of thiophene rings is 1. The maximum atomic E-state index is 12.2. The van der Waals surface area contributed by atoms with E-state index < -0.39 is 10.0 Å². The van der Waals surface area contributed by atoms with E-state index >= 15 is 0 Å². The first-order valence-corrected chi connectivity index (χ1v) is 11.4. The Morgan fingerprint density at radius 1 is 1.27 bits per heavy atom. The van der Waals surface area contributed by atoms with Crippen LogP contribution in [0.4, 0.5) is 0 Å². The maximum absolute atomic E-state index is 12.2. The van der Waals surface area contributed by atoms with E-state index in [-0.39, 0.29) is 29.7 Å². The largest absolute Gasteiger partial charge is 0.357 e. The van der Waals surface area contributed by atoms with E-state index in [1.807, 2.05) is 20.8 Å². The molecule has 0 saturated carbocycles. The number of nitrogens with zero attached hydrogens (tertiary/aromatic N) is 2. The van der Waals surface area contributed by atoms with Gasteiger partial charge in [0.15, 0.2) is 5.96 Å². The molecular weight excluding hydrogens is 483 g/mol. The molecule has 0 radical (unpaired) electrons. The molecule has 0 aliphatic carbocycles. The molecule has 1 aromatic heterocycles. The summed E-state index contributed by atoms with van der Waals surface area (Å²) in [5, 5.41) is 8.39. The van der Waals surface area contributed by atoms with Crippen molar-refractivity contribution in [3.63, 3.8) is 0 Å². The summed E-state index contributed by atoms with van der Waals surface area (Å²) < 4.78 is 25.9. The van der Waals surface area contributed by atoms with E-state index in [0.29, 0.717) is 38.1 Å². The van der Waals surface area contributed by atoms with Crippen LogP contribution in [0.1, 0.15) is 32.6 Å². The van der Waals surface area contributed by atoms with Crippen LogP contribution in [0.2, 0.25) is 0 Å². The molecule has 0 aromatic carbocycles. The fourth-order valence-corrected chi connectivity index (χ4v) is 4.74. The van der Waals surface area contributed by atoms with Crippen LogP contribution >= 0.6 is 35.3 Å². The van der Waals surface area contributed by atoms with Gasteiger partial charge in [-0.05, 0) is 30.7 Å². The molecule has 0 amide bonds. The van der Waals surface area contributed by atoms with Crippen molar-refractivity contribution >= 4 is 51.3 Å². The monoisotopic (exact) mass is 516 g/mol. The number of guanidine groups is 1. The third kappa shape index (κ3) is 9.52. The van der Waals surface area contributed by atoms with Crippen LogP contribution in [0, 0.1) is 5.92 Å². The molecule has 1 unspecified atom stereocenters. The van der Waals surface area contributed by atoms with E-state index in [4.69, 9.17) is 0 Å². The van der Waals surface area contributed by atoms with Crippen LogP contribution in [-0.4, -0.2) is 57.2 Å². The van der Waals surface area contributed by atoms with Gasteiger partial charge in [0.05, 0.1) is 5.75 Å². The Balaban J connectivity index is 0.00000625. The predicted molar refractivity (Wildman–Crippen MR) is 123 cm³/mol.